The highest BCUT2D eigenvalue weighted by molar-refractivity contribution is 5.80. The first kappa shape index (κ1) is 24.1. The van der Waals surface area contributed by atoms with Crippen LogP contribution in [0, 0.1) is 0 Å². The molecule has 0 spiro atoms. The molecule has 172 valence electrons. The van der Waals surface area contributed by atoms with Gasteiger partial charge in [-0.15, -0.1) is 0 Å². The van der Waals surface area contributed by atoms with Crippen molar-refractivity contribution in [3.63, 3.8) is 0 Å². The van der Waals surface area contributed by atoms with Crippen molar-refractivity contribution in [1.29, 1.82) is 0 Å². The maximum Gasteiger partial charge on any atom is 0.217 e. The van der Waals surface area contributed by atoms with Crippen LogP contribution in [0.4, 0.5) is 8.78 Å². The summed E-state index contributed by atoms with van der Waals surface area (Å²) >= 11 is 0. The van der Waals surface area contributed by atoms with Crippen molar-refractivity contribution in [2.45, 2.75) is 69.9 Å². The minimum absolute atomic E-state index is 0.217. The SMILES string of the molecule is CC(=O)NC1(C=O)CCC(CO[C@H](C)c2cc(CF)cc(CF)c2)(c2ccccc2)CC1. The molecule has 2 aromatic rings. The first-order chi connectivity index (χ1) is 15.3. The van der Waals surface area contributed by atoms with Crippen LogP contribution in [-0.2, 0) is 33.1 Å². The Hall–Kier alpha value is -2.60. The molecule has 1 fully saturated rings. The van der Waals surface area contributed by atoms with Gasteiger partial charge in [-0.2, -0.15) is 0 Å². The lowest BCUT2D eigenvalue weighted by atomic mass is 9.64. The van der Waals surface area contributed by atoms with Crippen LogP contribution >= 0.6 is 0 Å². The van der Waals surface area contributed by atoms with Gasteiger partial charge in [0.15, 0.2) is 0 Å². The molecular formula is C26H31F2NO3. The summed E-state index contributed by atoms with van der Waals surface area (Å²) in [5.74, 6) is -0.217. The molecule has 1 amide bonds. The smallest absolute Gasteiger partial charge is 0.217 e. The Morgan fingerprint density at radius 2 is 1.66 bits per heavy atom. The van der Waals surface area contributed by atoms with Gasteiger partial charge in [-0.05, 0) is 54.9 Å². The fraction of sp³-hybridized carbons (Fsp3) is 0.462. The van der Waals surface area contributed by atoms with Crippen LogP contribution < -0.4 is 5.32 Å². The van der Waals surface area contributed by atoms with Crippen molar-refractivity contribution >= 4 is 12.2 Å². The van der Waals surface area contributed by atoms with Gasteiger partial charge in [0, 0.05) is 12.3 Å². The number of halogens is 2. The van der Waals surface area contributed by atoms with Crippen molar-refractivity contribution in [2.75, 3.05) is 6.61 Å². The number of carbonyl (C=O) groups excluding carboxylic acids is 2. The van der Waals surface area contributed by atoms with E-state index >= 15 is 0 Å². The van der Waals surface area contributed by atoms with E-state index in [1.165, 1.54) is 13.0 Å². The molecule has 1 aliphatic rings. The predicted octanol–water partition coefficient (Wildman–Crippen LogP) is 5.29. The van der Waals surface area contributed by atoms with Gasteiger partial charge in [0.05, 0.1) is 18.2 Å². The maximum absolute atomic E-state index is 13.2. The van der Waals surface area contributed by atoms with E-state index in [0.29, 0.717) is 43.4 Å². The Bertz CT molecular complexity index is 902. The van der Waals surface area contributed by atoms with E-state index in [9.17, 15) is 18.4 Å². The number of hydrogen-bond acceptors (Lipinski definition) is 3. The monoisotopic (exact) mass is 443 g/mol. The minimum Gasteiger partial charge on any atom is -0.373 e. The molecule has 0 heterocycles. The number of hydrogen-bond donors (Lipinski definition) is 1. The fourth-order valence-electron chi connectivity index (χ4n) is 4.67. The number of aldehydes is 1. The number of alkyl halides is 2. The van der Waals surface area contributed by atoms with Crippen LogP contribution in [0.2, 0.25) is 0 Å². The third-order valence-electron chi connectivity index (χ3n) is 6.60. The second kappa shape index (κ2) is 10.3. The van der Waals surface area contributed by atoms with E-state index in [1.807, 2.05) is 25.1 Å². The lowest BCUT2D eigenvalue weighted by Gasteiger charge is -2.45. The van der Waals surface area contributed by atoms with Crippen molar-refractivity contribution < 1.29 is 23.1 Å². The maximum atomic E-state index is 13.2. The molecule has 1 aliphatic carbocycles. The normalized spacial score (nSPS) is 24.0. The molecule has 0 aliphatic heterocycles. The Morgan fingerprint density at radius 3 is 2.16 bits per heavy atom. The van der Waals surface area contributed by atoms with Crippen molar-refractivity contribution in [3.05, 3.63) is 70.8 Å². The van der Waals surface area contributed by atoms with Gasteiger partial charge in [-0.25, -0.2) is 8.78 Å². The van der Waals surface area contributed by atoms with Crippen molar-refractivity contribution in [2.24, 2.45) is 0 Å². The lowest BCUT2D eigenvalue weighted by molar-refractivity contribution is -0.126. The standard InChI is InChI=1S/C26H31F2NO3/c1-19(23-13-21(15-27)12-22(14-23)16-28)32-18-25(24-6-4-3-5-7-24)8-10-26(17-30,11-9-25)29-20(2)31/h3-7,12-14,17,19H,8-11,15-16,18H2,1-2H3,(H,29,31)/t19-,25?,26?/m1/s1. The first-order valence-corrected chi connectivity index (χ1v) is 11.0. The van der Waals surface area contributed by atoms with Gasteiger partial charge in [0.1, 0.15) is 19.6 Å². The number of rotatable bonds is 9. The van der Waals surface area contributed by atoms with E-state index in [-0.39, 0.29) is 17.4 Å². The molecule has 1 N–H and O–H groups in total. The molecule has 1 atom stereocenters. The van der Waals surface area contributed by atoms with E-state index in [0.717, 1.165) is 17.4 Å². The third-order valence-corrected chi connectivity index (χ3v) is 6.60. The number of amides is 1. The number of ether oxygens (including phenoxy) is 1. The fourth-order valence-corrected chi connectivity index (χ4v) is 4.67. The molecule has 0 radical (unpaired) electrons. The van der Waals surface area contributed by atoms with Crippen LogP contribution in [0.1, 0.15) is 67.9 Å². The largest absolute Gasteiger partial charge is 0.373 e. The molecule has 4 nitrogen and oxygen atoms in total. The zero-order valence-electron chi connectivity index (χ0n) is 18.7. The van der Waals surface area contributed by atoms with Gasteiger partial charge >= 0.3 is 0 Å². The zero-order valence-corrected chi connectivity index (χ0v) is 18.7. The second-order valence-corrected chi connectivity index (χ2v) is 8.90. The zero-order chi connectivity index (χ0) is 23.2. The molecule has 3 rings (SSSR count). The molecule has 1 saturated carbocycles. The van der Waals surface area contributed by atoms with Gasteiger partial charge in [-0.1, -0.05) is 48.5 Å². The summed E-state index contributed by atoms with van der Waals surface area (Å²) in [5, 5.41) is 2.83. The van der Waals surface area contributed by atoms with Crippen molar-refractivity contribution in [1.82, 2.24) is 5.32 Å². The Labute approximate surface area is 188 Å². The van der Waals surface area contributed by atoms with Crippen molar-refractivity contribution in [3.8, 4) is 0 Å². The average Bonchev–Trinajstić information content (AvgIpc) is 2.83. The molecule has 0 aromatic heterocycles. The third kappa shape index (κ3) is 5.41. The van der Waals surface area contributed by atoms with Crippen LogP contribution in [0.15, 0.2) is 48.5 Å². The summed E-state index contributed by atoms with van der Waals surface area (Å²) < 4.78 is 32.7. The molecular weight excluding hydrogens is 412 g/mol. The highest BCUT2D eigenvalue weighted by Gasteiger charge is 2.44. The Kier molecular flexibility index (Phi) is 7.77. The van der Waals surface area contributed by atoms with E-state index in [2.05, 4.69) is 17.4 Å². The van der Waals surface area contributed by atoms with Gasteiger partial charge in [0.25, 0.3) is 0 Å². The number of carbonyl (C=O) groups is 2. The van der Waals surface area contributed by atoms with E-state index < -0.39 is 18.9 Å². The Morgan fingerprint density at radius 1 is 1.06 bits per heavy atom. The van der Waals surface area contributed by atoms with E-state index in [4.69, 9.17) is 4.74 Å². The average molecular weight is 444 g/mol. The summed E-state index contributed by atoms with van der Waals surface area (Å²) in [5.41, 5.74) is 1.57. The summed E-state index contributed by atoms with van der Waals surface area (Å²) in [4.78, 5) is 23.5. The quantitative estimate of drug-likeness (QED) is 0.536. The summed E-state index contributed by atoms with van der Waals surface area (Å²) in [6, 6.07) is 15.0. The number of benzene rings is 2. The second-order valence-electron chi connectivity index (χ2n) is 8.90. The van der Waals surface area contributed by atoms with Crippen LogP contribution in [-0.4, -0.2) is 24.3 Å². The minimum atomic E-state index is -0.846. The topological polar surface area (TPSA) is 55.4 Å². The molecule has 6 heteroatoms. The van der Waals surface area contributed by atoms with Gasteiger partial charge in [-0.3, -0.25) is 4.79 Å². The highest BCUT2D eigenvalue weighted by Crippen LogP contribution is 2.43. The molecule has 0 unspecified atom stereocenters. The summed E-state index contributed by atoms with van der Waals surface area (Å²) in [7, 11) is 0. The summed E-state index contributed by atoms with van der Waals surface area (Å²) in [6.45, 7) is 2.40. The predicted molar refractivity (Wildman–Crippen MR) is 120 cm³/mol. The lowest BCUT2D eigenvalue weighted by Crippen LogP contribution is -2.54. The number of nitrogens with one attached hydrogen (secondary N) is 1. The molecule has 32 heavy (non-hydrogen) atoms. The highest BCUT2D eigenvalue weighted by atomic mass is 19.1. The Balaban J connectivity index is 1.81. The van der Waals surface area contributed by atoms with Gasteiger partial charge in [0.2, 0.25) is 5.91 Å². The molecule has 2 aromatic carbocycles. The van der Waals surface area contributed by atoms with E-state index in [1.54, 1.807) is 12.1 Å². The van der Waals surface area contributed by atoms with Gasteiger partial charge < -0.3 is 14.8 Å². The van der Waals surface area contributed by atoms with Crippen LogP contribution in [0.3, 0.4) is 0 Å². The molecule has 0 saturated heterocycles. The first-order valence-electron chi connectivity index (χ1n) is 11.0. The summed E-state index contributed by atoms with van der Waals surface area (Å²) in [6.07, 6.45) is 2.89. The molecule has 0 bridgehead atoms. The van der Waals surface area contributed by atoms with Crippen LogP contribution in [0.5, 0.6) is 0 Å². The van der Waals surface area contributed by atoms with Crippen LogP contribution in [0.25, 0.3) is 0 Å².